The molecule has 0 aliphatic rings. The number of carbonyl (C=O) groups excluding carboxylic acids is 2. The van der Waals surface area contributed by atoms with Crippen molar-refractivity contribution in [2.45, 2.75) is 6.42 Å². The van der Waals surface area contributed by atoms with Gasteiger partial charge in [0.25, 0.3) is 0 Å². The maximum absolute atomic E-state index is 11.4. The molecule has 0 aliphatic heterocycles. The quantitative estimate of drug-likeness (QED) is 0.682. The lowest BCUT2D eigenvalue weighted by molar-refractivity contribution is -0.123. The predicted molar refractivity (Wildman–Crippen MR) is 68.5 cm³/mol. The summed E-state index contributed by atoms with van der Waals surface area (Å²) >= 11 is 14.6. The van der Waals surface area contributed by atoms with Crippen LogP contribution in [-0.2, 0) is 9.59 Å². The van der Waals surface area contributed by atoms with Gasteiger partial charge < -0.3 is 5.32 Å². The van der Waals surface area contributed by atoms with Gasteiger partial charge in [-0.05, 0) is 12.1 Å². The Morgan fingerprint density at radius 3 is 2.62 bits per heavy atom. The Morgan fingerprint density at radius 1 is 1.31 bits per heavy atom. The van der Waals surface area contributed by atoms with Gasteiger partial charge in [-0.2, -0.15) is 0 Å². The van der Waals surface area contributed by atoms with E-state index in [0.29, 0.717) is 10.7 Å². The summed E-state index contributed by atoms with van der Waals surface area (Å²) in [5.74, 6) is -0.607. The standard InChI is InChI=1S/C10H8BrCl2NO2/c11-5-6(15)4-9(16)14-8-3-1-2-7(12)10(8)13/h1-3H,4-5H2,(H,14,16). The van der Waals surface area contributed by atoms with Gasteiger partial charge in [-0.25, -0.2) is 0 Å². The third-order valence-corrected chi connectivity index (χ3v) is 3.18. The molecule has 1 amide bonds. The SMILES string of the molecule is O=C(CBr)CC(=O)Nc1cccc(Cl)c1Cl. The van der Waals surface area contributed by atoms with E-state index in [4.69, 9.17) is 23.2 Å². The molecule has 0 saturated carbocycles. The Bertz CT molecular complexity index is 423. The predicted octanol–water partition coefficient (Wildman–Crippen LogP) is 3.29. The van der Waals surface area contributed by atoms with E-state index in [1.54, 1.807) is 18.2 Å². The first-order valence-corrected chi connectivity index (χ1v) is 6.24. The third kappa shape index (κ3) is 3.77. The van der Waals surface area contributed by atoms with Crippen LogP contribution in [0.2, 0.25) is 10.0 Å². The summed E-state index contributed by atoms with van der Waals surface area (Å²) in [6, 6.07) is 4.89. The zero-order valence-electron chi connectivity index (χ0n) is 8.10. The second kappa shape index (κ2) is 6.23. The average Bonchev–Trinajstić information content (AvgIpc) is 2.24. The highest BCUT2D eigenvalue weighted by Gasteiger charge is 2.11. The topological polar surface area (TPSA) is 46.2 Å². The van der Waals surface area contributed by atoms with Crippen molar-refractivity contribution >= 4 is 56.5 Å². The van der Waals surface area contributed by atoms with Crippen LogP contribution < -0.4 is 5.32 Å². The average molecular weight is 325 g/mol. The summed E-state index contributed by atoms with van der Waals surface area (Å²) in [6.07, 6.45) is -0.186. The number of alkyl halides is 1. The van der Waals surface area contributed by atoms with Crippen LogP contribution in [0.15, 0.2) is 18.2 Å². The van der Waals surface area contributed by atoms with E-state index in [1.165, 1.54) is 0 Å². The van der Waals surface area contributed by atoms with Crippen molar-refractivity contribution < 1.29 is 9.59 Å². The largest absolute Gasteiger partial charge is 0.324 e. The van der Waals surface area contributed by atoms with Crippen LogP contribution in [0, 0.1) is 0 Å². The number of halogens is 3. The number of anilines is 1. The Hall–Kier alpha value is -0.580. The van der Waals surface area contributed by atoms with Crippen LogP contribution in [0.3, 0.4) is 0 Å². The minimum absolute atomic E-state index is 0.156. The maximum Gasteiger partial charge on any atom is 0.231 e. The molecule has 3 nitrogen and oxygen atoms in total. The number of ketones is 1. The number of hydrogen-bond donors (Lipinski definition) is 1. The van der Waals surface area contributed by atoms with E-state index in [1.807, 2.05) is 0 Å². The summed E-state index contributed by atoms with van der Waals surface area (Å²) in [6.45, 7) is 0. The van der Waals surface area contributed by atoms with Gasteiger partial charge in [-0.3, -0.25) is 9.59 Å². The fourth-order valence-electron chi connectivity index (χ4n) is 1.02. The van der Waals surface area contributed by atoms with Gasteiger partial charge in [0.2, 0.25) is 5.91 Å². The fraction of sp³-hybridized carbons (Fsp3) is 0.200. The maximum atomic E-state index is 11.4. The second-order valence-corrected chi connectivity index (χ2v) is 4.34. The van der Waals surface area contributed by atoms with Gasteiger partial charge in [0, 0.05) is 0 Å². The highest BCUT2D eigenvalue weighted by molar-refractivity contribution is 9.09. The van der Waals surface area contributed by atoms with Crippen LogP contribution in [0.5, 0.6) is 0 Å². The van der Waals surface area contributed by atoms with E-state index < -0.39 is 5.91 Å². The number of benzene rings is 1. The lowest BCUT2D eigenvalue weighted by Gasteiger charge is -2.07. The molecular formula is C10H8BrCl2NO2. The van der Waals surface area contributed by atoms with Crippen LogP contribution in [-0.4, -0.2) is 17.0 Å². The molecule has 1 aromatic carbocycles. The first-order chi connectivity index (χ1) is 7.54. The van der Waals surface area contributed by atoms with E-state index in [-0.39, 0.29) is 22.6 Å². The molecule has 16 heavy (non-hydrogen) atoms. The molecule has 0 spiro atoms. The van der Waals surface area contributed by atoms with Gasteiger partial charge in [0.05, 0.1) is 27.5 Å². The van der Waals surface area contributed by atoms with Crippen molar-refractivity contribution in [3.63, 3.8) is 0 Å². The molecular weight excluding hydrogens is 317 g/mol. The van der Waals surface area contributed by atoms with Gasteiger partial charge in [-0.1, -0.05) is 45.2 Å². The summed E-state index contributed by atoms with van der Waals surface area (Å²) in [5, 5.41) is 3.30. The van der Waals surface area contributed by atoms with Gasteiger partial charge in [0.15, 0.2) is 5.78 Å². The minimum Gasteiger partial charge on any atom is -0.324 e. The lowest BCUT2D eigenvalue weighted by atomic mass is 10.2. The third-order valence-electron chi connectivity index (χ3n) is 1.73. The summed E-state index contributed by atoms with van der Waals surface area (Å²) < 4.78 is 0. The number of Topliss-reactive ketones (excluding diaryl/α,β-unsaturated/α-hetero) is 1. The number of rotatable bonds is 4. The van der Waals surface area contributed by atoms with Crippen molar-refractivity contribution in [3.05, 3.63) is 28.2 Å². The molecule has 1 rings (SSSR count). The van der Waals surface area contributed by atoms with Crippen molar-refractivity contribution in [3.8, 4) is 0 Å². The normalized spacial score (nSPS) is 9.94. The van der Waals surface area contributed by atoms with Crippen LogP contribution in [0.4, 0.5) is 5.69 Å². The lowest BCUT2D eigenvalue weighted by Crippen LogP contribution is -2.17. The van der Waals surface area contributed by atoms with Crippen LogP contribution >= 0.6 is 39.1 Å². The van der Waals surface area contributed by atoms with Crippen molar-refractivity contribution in [1.82, 2.24) is 0 Å². The zero-order chi connectivity index (χ0) is 12.1. The van der Waals surface area contributed by atoms with E-state index >= 15 is 0 Å². The van der Waals surface area contributed by atoms with Crippen molar-refractivity contribution in [2.75, 3.05) is 10.6 Å². The van der Waals surface area contributed by atoms with E-state index in [2.05, 4.69) is 21.2 Å². The first-order valence-electron chi connectivity index (χ1n) is 4.36. The molecule has 0 unspecified atom stereocenters. The molecule has 86 valence electrons. The molecule has 0 fully saturated rings. The molecule has 0 heterocycles. The monoisotopic (exact) mass is 323 g/mol. The Balaban J connectivity index is 2.70. The Kier molecular flexibility index (Phi) is 5.25. The van der Waals surface area contributed by atoms with Crippen LogP contribution in [0.1, 0.15) is 6.42 Å². The molecule has 6 heteroatoms. The molecule has 0 bridgehead atoms. The van der Waals surface area contributed by atoms with Gasteiger partial charge in [0.1, 0.15) is 0 Å². The molecule has 0 aliphatic carbocycles. The van der Waals surface area contributed by atoms with Crippen LogP contribution in [0.25, 0.3) is 0 Å². The zero-order valence-corrected chi connectivity index (χ0v) is 11.2. The molecule has 0 radical (unpaired) electrons. The van der Waals surface area contributed by atoms with Gasteiger partial charge in [-0.15, -0.1) is 0 Å². The summed E-state index contributed by atoms with van der Waals surface area (Å²) in [4.78, 5) is 22.4. The fourth-order valence-corrected chi connectivity index (χ4v) is 1.57. The van der Waals surface area contributed by atoms with Gasteiger partial charge >= 0.3 is 0 Å². The summed E-state index contributed by atoms with van der Waals surface area (Å²) in [7, 11) is 0. The molecule has 0 saturated heterocycles. The molecule has 1 aromatic rings. The van der Waals surface area contributed by atoms with Crippen molar-refractivity contribution in [1.29, 1.82) is 0 Å². The number of nitrogens with one attached hydrogen (secondary N) is 1. The smallest absolute Gasteiger partial charge is 0.231 e. The first kappa shape index (κ1) is 13.5. The van der Waals surface area contributed by atoms with Crippen molar-refractivity contribution in [2.24, 2.45) is 0 Å². The summed E-state index contributed by atoms with van der Waals surface area (Å²) in [5.41, 5.74) is 0.404. The highest BCUT2D eigenvalue weighted by Crippen LogP contribution is 2.29. The Labute approximate surface area is 111 Å². The Morgan fingerprint density at radius 2 is 2.00 bits per heavy atom. The number of carbonyl (C=O) groups is 2. The second-order valence-electron chi connectivity index (χ2n) is 3.00. The number of hydrogen-bond acceptors (Lipinski definition) is 2. The minimum atomic E-state index is -0.409. The van der Waals surface area contributed by atoms with E-state index in [9.17, 15) is 9.59 Å². The van der Waals surface area contributed by atoms with E-state index in [0.717, 1.165) is 0 Å². The number of amides is 1. The molecule has 1 N–H and O–H groups in total. The molecule has 0 atom stereocenters. The highest BCUT2D eigenvalue weighted by atomic mass is 79.9. The molecule has 0 aromatic heterocycles.